The van der Waals surface area contributed by atoms with Gasteiger partial charge in [0.1, 0.15) is 0 Å². The van der Waals surface area contributed by atoms with Gasteiger partial charge in [0.05, 0.1) is 5.69 Å². The van der Waals surface area contributed by atoms with Crippen LogP contribution in [0.4, 0.5) is 34.1 Å². The second-order valence-corrected chi connectivity index (χ2v) is 24.0. The fraction of sp³-hybridized carbons (Fsp3) is 0.368. The van der Waals surface area contributed by atoms with Crippen molar-refractivity contribution in [3.8, 4) is 0 Å². The summed E-state index contributed by atoms with van der Waals surface area (Å²) < 4.78 is 2.67. The maximum atomic E-state index is 2.73. The van der Waals surface area contributed by atoms with E-state index in [1.807, 2.05) is 11.3 Å². The first kappa shape index (κ1) is 39.1. The highest BCUT2D eigenvalue weighted by atomic mass is 32.1. The molecule has 2 aliphatic carbocycles. The maximum Gasteiger partial charge on any atom is 0.252 e. The van der Waals surface area contributed by atoms with Gasteiger partial charge in [-0.05, 0) is 164 Å². The first-order valence-electron chi connectivity index (χ1n) is 22.8. The highest BCUT2D eigenvalue weighted by molar-refractivity contribution is 7.26. The molecule has 11 rings (SSSR count). The van der Waals surface area contributed by atoms with Gasteiger partial charge in [0, 0.05) is 48.6 Å². The summed E-state index contributed by atoms with van der Waals surface area (Å²) in [4.78, 5) is 5.38. The van der Waals surface area contributed by atoms with Crippen LogP contribution in [0.2, 0.25) is 0 Å². The molecule has 4 heteroatoms. The minimum absolute atomic E-state index is 0.00662. The highest BCUT2D eigenvalue weighted by Crippen LogP contribution is 2.55. The lowest BCUT2D eigenvalue weighted by molar-refractivity contribution is 0.332. The molecule has 0 radical (unpaired) electrons. The van der Waals surface area contributed by atoms with Gasteiger partial charge in [-0.25, -0.2) is 0 Å². The predicted molar refractivity (Wildman–Crippen MR) is 267 cm³/mol. The second kappa shape index (κ2) is 12.4. The Morgan fingerprint density at radius 2 is 1.10 bits per heavy atom. The van der Waals surface area contributed by atoms with E-state index in [1.165, 1.54) is 122 Å². The lowest BCUT2D eigenvalue weighted by Crippen LogP contribution is -2.62. The average Bonchev–Trinajstić information content (AvgIpc) is 3.65. The van der Waals surface area contributed by atoms with Crippen LogP contribution >= 0.6 is 11.3 Å². The van der Waals surface area contributed by atoms with Gasteiger partial charge in [0.15, 0.2) is 0 Å². The van der Waals surface area contributed by atoms with E-state index in [4.69, 9.17) is 0 Å². The molecule has 7 aromatic rings. The van der Waals surface area contributed by atoms with Crippen LogP contribution in [0.25, 0.3) is 20.2 Å². The van der Waals surface area contributed by atoms with Crippen LogP contribution in [-0.4, -0.2) is 6.71 Å². The molecule has 0 saturated heterocycles. The molecule has 2 nitrogen and oxygen atoms in total. The molecule has 2 aliphatic heterocycles. The van der Waals surface area contributed by atoms with Crippen LogP contribution in [0, 0.1) is 13.8 Å². The van der Waals surface area contributed by atoms with Crippen molar-refractivity contribution < 1.29 is 0 Å². The lowest BCUT2D eigenvalue weighted by Gasteiger charge is -2.48. The molecule has 61 heavy (non-hydrogen) atoms. The standard InChI is InChI=1S/C57H61BN2S/c1-33-25-47-52-48(26-33)60(45-30-40-37(27-34(45)2)56(10,11)32-57(40,12)13)46-31-39-38(54(6,7)23-24-55(39,8)9)29-42(46)58(52)41-28-35(53(3,4)5)21-22-43(41)59(47)44-18-16-20-50-51(44)36-17-14-15-19-49(36)61-50/h14-22,25-31H,23-24,32H2,1-13H3. The third kappa shape index (κ3) is 5.52. The van der Waals surface area contributed by atoms with E-state index in [2.05, 4.69) is 197 Å². The van der Waals surface area contributed by atoms with Crippen LogP contribution in [0.5, 0.6) is 0 Å². The molecule has 6 aromatic carbocycles. The first-order chi connectivity index (χ1) is 28.7. The molecular formula is C57H61BN2S. The third-order valence-corrected chi connectivity index (χ3v) is 16.7. The number of anilines is 6. The number of thiophene rings is 1. The van der Waals surface area contributed by atoms with Crippen molar-refractivity contribution in [1.82, 2.24) is 0 Å². The van der Waals surface area contributed by atoms with E-state index >= 15 is 0 Å². The summed E-state index contributed by atoms with van der Waals surface area (Å²) in [6.45, 7) is 31.6. The van der Waals surface area contributed by atoms with Gasteiger partial charge in [-0.2, -0.15) is 0 Å². The van der Waals surface area contributed by atoms with Gasteiger partial charge < -0.3 is 9.80 Å². The Kier molecular flexibility index (Phi) is 7.97. The van der Waals surface area contributed by atoms with Crippen LogP contribution in [0.15, 0.2) is 97.1 Å². The van der Waals surface area contributed by atoms with Crippen LogP contribution in [-0.2, 0) is 27.1 Å². The van der Waals surface area contributed by atoms with Crippen molar-refractivity contribution in [3.05, 3.63) is 136 Å². The molecule has 0 atom stereocenters. The minimum Gasteiger partial charge on any atom is -0.311 e. The quantitative estimate of drug-likeness (QED) is 0.160. The Balaban J connectivity index is 1.29. The SMILES string of the molecule is Cc1cc2c3c(c1)N(c1cccc4sc5ccccc5c14)c1ccc(C(C)(C)C)cc1B3c1cc3c(cc1N2c1cc2c(cc1C)C(C)(C)CC2(C)C)C(C)(C)CCC3(C)C. The lowest BCUT2D eigenvalue weighted by atomic mass is 9.33. The van der Waals surface area contributed by atoms with E-state index < -0.39 is 0 Å². The van der Waals surface area contributed by atoms with Gasteiger partial charge in [-0.3, -0.25) is 0 Å². The van der Waals surface area contributed by atoms with Crippen LogP contribution in [0.1, 0.15) is 134 Å². The Hall–Kier alpha value is -4.80. The summed E-state index contributed by atoms with van der Waals surface area (Å²) in [6, 6.07) is 38.9. The summed E-state index contributed by atoms with van der Waals surface area (Å²) in [5.74, 6) is 0. The summed E-state index contributed by atoms with van der Waals surface area (Å²) in [7, 11) is 0. The zero-order valence-corrected chi connectivity index (χ0v) is 39.6. The van der Waals surface area contributed by atoms with Crippen molar-refractivity contribution >= 4 is 88.7 Å². The van der Waals surface area contributed by atoms with E-state index in [-0.39, 0.29) is 33.8 Å². The molecule has 0 unspecified atom stereocenters. The number of hydrogen-bond donors (Lipinski definition) is 0. The Morgan fingerprint density at radius 1 is 0.525 bits per heavy atom. The number of aryl methyl sites for hydroxylation is 2. The molecular weight excluding hydrogens is 756 g/mol. The normalized spacial score (nSPS) is 18.8. The number of rotatable bonds is 2. The second-order valence-electron chi connectivity index (χ2n) is 22.9. The molecule has 4 aliphatic rings. The van der Waals surface area contributed by atoms with E-state index in [1.54, 1.807) is 0 Å². The molecule has 0 amide bonds. The Bertz CT molecular complexity index is 3040. The van der Waals surface area contributed by atoms with Gasteiger partial charge in [0.25, 0.3) is 6.71 Å². The maximum absolute atomic E-state index is 2.73. The average molecular weight is 817 g/mol. The fourth-order valence-electron chi connectivity index (χ4n) is 12.5. The monoisotopic (exact) mass is 816 g/mol. The van der Waals surface area contributed by atoms with E-state index in [0.717, 1.165) is 6.42 Å². The van der Waals surface area contributed by atoms with Crippen molar-refractivity contribution in [3.63, 3.8) is 0 Å². The largest absolute Gasteiger partial charge is 0.311 e. The molecule has 0 N–H and O–H groups in total. The van der Waals surface area contributed by atoms with Gasteiger partial charge >= 0.3 is 0 Å². The van der Waals surface area contributed by atoms with Crippen LogP contribution < -0.4 is 26.2 Å². The summed E-state index contributed by atoms with van der Waals surface area (Å²) in [5.41, 5.74) is 22.5. The van der Waals surface area contributed by atoms with Gasteiger partial charge in [0.2, 0.25) is 0 Å². The zero-order valence-electron chi connectivity index (χ0n) is 38.7. The smallest absolute Gasteiger partial charge is 0.252 e. The molecule has 0 spiro atoms. The van der Waals surface area contributed by atoms with Crippen molar-refractivity contribution in [2.45, 2.75) is 136 Å². The Labute approximate surface area is 369 Å². The molecule has 0 bridgehead atoms. The molecule has 3 heterocycles. The third-order valence-electron chi connectivity index (χ3n) is 15.6. The summed E-state index contributed by atoms with van der Waals surface area (Å²) in [5, 5.41) is 2.67. The number of benzene rings is 6. The van der Waals surface area contributed by atoms with Crippen molar-refractivity contribution in [1.29, 1.82) is 0 Å². The van der Waals surface area contributed by atoms with Gasteiger partial charge in [-0.1, -0.05) is 125 Å². The van der Waals surface area contributed by atoms with Gasteiger partial charge in [-0.15, -0.1) is 11.3 Å². The highest BCUT2D eigenvalue weighted by Gasteiger charge is 2.48. The first-order valence-corrected chi connectivity index (χ1v) is 23.6. The molecule has 0 fully saturated rings. The summed E-state index contributed by atoms with van der Waals surface area (Å²) >= 11 is 1.91. The van der Waals surface area contributed by atoms with Crippen molar-refractivity contribution in [2.24, 2.45) is 0 Å². The fourth-order valence-corrected chi connectivity index (χ4v) is 13.6. The number of nitrogens with zero attached hydrogens (tertiary/aromatic N) is 2. The zero-order chi connectivity index (χ0) is 42.9. The molecule has 308 valence electrons. The summed E-state index contributed by atoms with van der Waals surface area (Å²) in [6.07, 6.45) is 3.52. The van der Waals surface area contributed by atoms with Crippen LogP contribution in [0.3, 0.4) is 0 Å². The molecule has 0 saturated carbocycles. The minimum atomic E-state index is -0.00662. The van der Waals surface area contributed by atoms with Crippen molar-refractivity contribution in [2.75, 3.05) is 9.80 Å². The molecule has 1 aromatic heterocycles. The predicted octanol–water partition coefficient (Wildman–Crippen LogP) is 14.4. The number of fused-ring (bicyclic) bond motifs is 9. The topological polar surface area (TPSA) is 6.48 Å². The number of hydrogen-bond acceptors (Lipinski definition) is 3. The Morgan fingerprint density at radius 3 is 1.79 bits per heavy atom. The van der Waals surface area contributed by atoms with E-state index in [0.29, 0.717) is 0 Å². The van der Waals surface area contributed by atoms with E-state index in [9.17, 15) is 0 Å².